The van der Waals surface area contributed by atoms with Gasteiger partial charge in [-0.1, -0.05) is 36.8 Å². The highest BCUT2D eigenvalue weighted by Crippen LogP contribution is 2.62. The monoisotopic (exact) mass is 416 g/mol. The molecule has 1 aromatic carbocycles. The van der Waals surface area contributed by atoms with Gasteiger partial charge >= 0.3 is 0 Å². The van der Waals surface area contributed by atoms with Crippen molar-refractivity contribution in [3.8, 4) is 11.1 Å². The van der Waals surface area contributed by atoms with Crippen molar-refractivity contribution in [2.45, 2.75) is 63.9 Å². The van der Waals surface area contributed by atoms with Gasteiger partial charge in [-0.2, -0.15) is 0 Å². The molecule has 3 nitrogen and oxygen atoms in total. The molecule has 6 rings (SSSR count). The van der Waals surface area contributed by atoms with Crippen LogP contribution in [-0.2, 0) is 4.79 Å². The van der Waals surface area contributed by atoms with Crippen molar-refractivity contribution in [2.75, 3.05) is 0 Å². The average molecular weight is 417 g/mol. The van der Waals surface area contributed by atoms with Gasteiger partial charge in [0, 0.05) is 11.5 Å². The van der Waals surface area contributed by atoms with Crippen molar-refractivity contribution in [3.05, 3.63) is 60.1 Å². The molecule has 1 N–H and O–H groups in total. The van der Waals surface area contributed by atoms with Crippen molar-refractivity contribution in [1.29, 1.82) is 0 Å². The fraction of sp³-hybridized carbons (Fsp3) is 0.536. The number of benzene rings is 1. The zero-order valence-corrected chi connectivity index (χ0v) is 18.3. The number of furan rings is 1. The van der Waals surface area contributed by atoms with Crippen molar-refractivity contribution in [2.24, 2.45) is 29.1 Å². The Morgan fingerprint density at radius 3 is 2.61 bits per heavy atom. The summed E-state index contributed by atoms with van der Waals surface area (Å²) in [7, 11) is 0. The van der Waals surface area contributed by atoms with E-state index in [1.807, 2.05) is 12.1 Å². The summed E-state index contributed by atoms with van der Waals surface area (Å²) in [4.78, 5) is 13.1. The molecule has 4 aliphatic carbocycles. The van der Waals surface area contributed by atoms with E-state index in [4.69, 9.17) is 4.42 Å². The van der Waals surface area contributed by atoms with E-state index in [1.54, 1.807) is 12.5 Å². The molecule has 0 aliphatic heterocycles. The third-order valence-corrected chi connectivity index (χ3v) is 9.53. The number of carbonyl (C=O) groups is 1. The molecule has 3 heteroatoms. The second-order valence-corrected chi connectivity index (χ2v) is 10.8. The van der Waals surface area contributed by atoms with Gasteiger partial charge in [0.05, 0.1) is 18.6 Å². The van der Waals surface area contributed by atoms with E-state index < -0.39 is 0 Å². The lowest BCUT2D eigenvalue weighted by Crippen LogP contribution is -2.48. The number of rotatable bonds is 2. The Balaban J connectivity index is 1.26. The van der Waals surface area contributed by atoms with Crippen molar-refractivity contribution >= 4 is 5.78 Å². The van der Waals surface area contributed by atoms with Gasteiger partial charge < -0.3 is 9.52 Å². The third-order valence-electron chi connectivity index (χ3n) is 9.53. The van der Waals surface area contributed by atoms with Crippen LogP contribution >= 0.6 is 0 Å². The van der Waals surface area contributed by atoms with Crippen LogP contribution in [0.4, 0.5) is 0 Å². The number of fused-ring (bicyclic) bond motifs is 5. The number of hydrogen-bond acceptors (Lipinski definition) is 3. The summed E-state index contributed by atoms with van der Waals surface area (Å²) in [6.45, 7) is 2.34. The predicted octanol–water partition coefficient (Wildman–Crippen LogP) is 6.14. The van der Waals surface area contributed by atoms with Gasteiger partial charge in [-0.3, -0.25) is 4.79 Å². The molecule has 1 heterocycles. The van der Waals surface area contributed by atoms with Crippen LogP contribution in [-0.4, -0.2) is 17.0 Å². The SMILES string of the molecule is C[C@]12CC[C@H]3[C@@H](CCC4=CC(=O)C(c5ccc(-c6ccoc6)cc5)C[C@@H]43)[C@@H]1CC[C@@H]2O. The van der Waals surface area contributed by atoms with Gasteiger partial charge in [-0.05, 0) is 97.3 Å². The topological polar surface area (TPSA) is 50.4 Å². The van der Waals surface area contributed by atoms with E-state index >= 15 is 0 Å². The molecule has 1 aromatic heterocycles. The van der Waals surface area contributed by atoms with Crippen molar-refractivity contribution in [3.63, 3.8) is 0 Å². The maximum Gasteiger partial charge on any atom is 0.163 e. The lowest BCUT2D eigenvalue weighted by molar-refractivity contribution is -0.117. The number of hydrogen-bond donors (Lipinski definition) is 1. The molecular weight excluding hydrogens is 384 g/mol. The second-order valence-electron chi connectivity index (χ2n) is 10.8. The van der Waals surface area contributed by atoms with Gasteiger partial charge in [0.2, 0.25) is 0 Å². The van der Waals surface area contributed by atoms with Gasteiger partial charge in [-0.15, -0.1) is 0 Å². The number of carbonyl (C=O) groups excluding carboxylic acids is 1. The van der Waals surface area contributed by atoms with Gasteiger partial charge in [0.15, 0.2) is 5.78 Å². The van der Waals surface area contributed by atoms with Gasteiger partial charge in [-0.25, -0.2) is 0 Å². The largest absolute Gasteiger partial charge is 0.472 e. The lowest BCUT2D eigenvalue weighted by atomic mass is 9.51. The molecule has 7 atom stereocenters. The highest BCUT2D eigenvalue weighted by molar-refractivity contribution is 5.97. The van der Waals surface area contributed by atoms with Crippen LogP contribution < -0.4 is 0 Å². The predicted molar refractivity (Wildman–Crippen MR) is 120 cm³/mol. The maximum atomic E-state index is 13.1. The smallest absolute Gasteiger partial charge is 0.163 e. The van der Waals surface area contributed by atoms with Crippen molar-refractivity contribution in [1.82, 2.24) is 0 Å². The lowest BCUT2D eigenvalue weighted by Gasteiger charge is -2.53. The molecule has 162 valence electrons. The molecular formula is C28H32O3. The number of allylic oxidation sites excluding steroid dienone is 1. The minimum absolute atomic E-state index is 0.0200. The molecule has 0 radical (unpaired) electrons. The van der Waals surface area contributed by atoms with Crippen molar-refractivity contribution < 1.29 is 14.3 Å². The van der Waals surface area contributed by atoms with Crippen LogP contribution in [0.5, 0.6) is 0 Å². The molecule has 3 saturated carbocycles. The minimum Gasteiger partial charge on any atom is -0.472 e. The summed E-state index contributed by atoms with van der Waals surface area (Å²) in [6.07, 6.45) is 13.1. The first-order valence-corrected chi connectivity index (χ1v) is 12.1. The first-order valence-electron chi connectivity index (χ1n) is 12.1. The molecule has 1 unspecified atom stereocenters. The van der Waals surface area contributed by atoms with E-state index in [1.165, 1.54) is 24.8 Å². The van der Waals surface area contributed by atoms with E-state index in [9.17, 15) is 9.90 Å². The summed E-state index contributed by atoms with van der Waals surface area (Å²) < 4.78 is 5.21. The quantitative estimate of drug-likeness (QED) is 0.639. The van der Waals surface area contributed by atoms with Gasteiger partial charge in [0.25, 0.3) is 0 Å². The van der Waals surface area contributed by atoms with Crippen LogP contribution in [0, 0.1) is 29.1 Å². The Morgan fingerprint density at radius 2 is 1.84 bits per heavy atom. The zero-order chi connectivity index (χ0) is 21.2. The molecule has 3 fully saturated rings. The fourth-order valence-corrected chi connectivity index (χ4v) is 7.79. The average Bonchev–Trinajstić information content (AvgIpc) is 3.42. The van der Waals surface area contributed by atoms with Crippen LogP contribution in [0.1, 0.15) is 63.4 Å². The number of aliphatic hydroxyl groups excluding tert-OH is 1. The highest BCUT2D eigenvalue weighted by atomic mass is 16.3. The maximum absolute atomic E-state index is 13.1. The van der Waals surface area contributed by atoms with Crippen LogP contribution in [0.25, 0.3) is 11.1 Å². The Bertz CT molecular complexity index is 1000. The molecule has 0 saturated heterocycles. The third kappa shape index (κ3) is 3.00. The fourth-order valence-electron chi connectivity index (χ4n) is 7.79. The first-order chi connectivity index (χ1) is 15.0. The van der Waals surface area contributed by atoms with Crippen LogP contribution in [0.2, 0.25) is 0 Å². The van der Waals surface area contributed by atoms with Crippen LogP contribution in [0.15, 0.2) is 58.9 Å². The molecule has 0 amide bonds. The summed E-state index contributed by atoms with van der Waals surface area (Å²) in [5, 5.41) is 10.7. The Kier molecular flexibility index (Phi) is 4.54. The van der Waals surface area contributed by atoms with Gasteiger partial charge in [0.1, 0.15) is 0 Å². The summed E-state index contributed by atoms with van der Waals surface area (Å²) >= 11 is 0. The molecule has 31 heavy (non-hydrogen) atoms. The molecule has 0 bridgehead atoms. The van der Waals surface area contributed by atoms with E-state index in [0.29, 0.717) is 17.8 Å². The number of aliphatic hydroxyl groups is 1. The summed E-state index contributed by atoms with van der Waals surface area (Å²) in [5.41, 5.74) is 4.88. The second kappa shape index (κ2) is 7.20. The zero-order valence-electron chi connectivity index (χ0n) is 18.3. The highest BCUT2D eigenvalue weighted by Gasteiger charge is 2.56. The Labute approximate surface area is 184 Å². The van der Waals surface area contributed by atoms with E-state index in [2.05, 4.69) is 31.2 Å². The van der Waals surface area contributed by atoms with Crippen LogP contribution in [0.3, 0.4) is 0 Å². The Morgan fingerprint density at radius 1 is 1.00 bits per heavy atom. The van der Waals surface area contributed by atoms with E-state index in [-0.39, 0.29) is 23.2 Å². The minimum atomic E-state index is -0.121. The summed E-state index contributed by atoms with van der Waals surface area (Å²) in [5.74, 6) is 2.87. The first kappa shape index (κ1) is 19.5. The molecule has 0 spiro atoms. The number of ketones is 1. The summed E-state index contributed by atoms with van der Waals surface area (Å²) in [6, 6.07) is 10.5. The molecule has 4 aliphatic rings. The Hall–Kier alpha value is -2.13. The standard InChI is InChI=1S/C28H32O3/c1-28-12-10-21-22(25(28)8-9-27(28)30)7-6-19-14-26(29)24(15-23(19)21)18-4-2-17(3-5-18)20-11-13-31-16-20/h2-5,11,13-14,16,21-25,27,30H,6-10,12,15H2,1H3/t21-,22+,23-,24?,25-,27-,28-/m0/s1. The molecule has 2 aromatic rings. The normalized spacial score (nSPS) is 39.4. The van der Waals surface area contributed by atoms with E-state index in [0.717, 1.165) is 48.3 Å².